The van der Waals surface area contributed by atoms with Crippen molar-refractivity contribution in [2.75, 3.05) is 24.2 Å². The number of carbonyl (C=O) groups is 1. The first kappa shape index (κ1) is 22.5. The fraction of sp³-hybridized carbons (Fsp3) is 0.320. The molecule has 5 rings (SSSR count). The average Bonchev–Trinajstić information content (AvgIpc) is 2.79. The summed E-state index contributed by atoms with van der Waals surface area (Å²) in [6.07, 6.45) is 3.38. The second kappa shape index (κ2) is 10.3. The van der Waals surface area contributed by atoms with Gasteiger partial charge in [0.05, 0.1) is 18.4 Å². The molecular formula is C25H29N5O3. The molecule has 3 heterocycles. The summed E-state index contributed by atoms with van der Waals surface area (Å²) >= 11 is 0. The number of hydrogen-bond acceptors (Lipinski definition) is 7. The molecule has 0 aliphatic carbocycles. The number of amides is 1. The van der Waals surface area contributed by atoms with Crippen LogP contribution in [-0.2, 0) is 11.3 Å². The molecular weight excluding hydrogens is 418 g/mol. The van der Waals surface area contributed by atoms with E-state index in [1.807, 2.05) is 38.1 Å². The predicted octanol–water partition coefficient (Wildman–Crippen LogP) is 4.30. The first-order chi connectivity index (χ1) is 16.0. The fourth-order valence-corrected chi connectivity index (χ4v) is 3.59. The van der Waals surface area contributed by atoms with E-state index < -0.39 is 0 Å². The number of carbonyl (C=O) groups excluding carboxylic acids is 1. The van der Waals surface area contributed by atoms with E-state index in [0.29, 0.717) is 42.7 Å². The second-order valence-corrected chi connectivity index (χ2v) is 8.20. The maximum absolute atomic E-state index is 12.5. The number of ether oxygens (including phenoxy) is 2. The second-order valence-electron chi connectivity index (χ2n) is 8.20. The molecule has 1 amide bonds. The highest BCUT2D eigenvalue weighted by atomic mass is 16.5. The zero-order valence-electron chi connectivity index (χ0n) is 18.9. The van der Waals surface area contributed by atoms with Crippen molar-refractivity contribution in [2.45, 2.75) is 39.4 Å². The molecule has 3 aromatic rings. The Hall–Kier alpha value is -3.65. The van der Waals surface area contributed by atoms with Crippen LogP contribution < -0.4 is 21.1 Å². The lowest BCUT2D eigenvalue weighted by Gasteiger charge is -2.16. The largest absolute Gasteiger partial charge is 0.491 e. The van der Waals surface area contributed by atoms with Crippen molar-refractivity contribution in [3.8, 4) is 17.0 Å². The van der Waals surface area contributed by atoms with E-state index in [2.05, 4.69) is 20.6 Å². The summed E-state index contributed by atoms with van der Waals surface area (Å²) in [6, 6.07) is 12.9. The molecule has 0 atom stereocenters. The number of aromatic nitrogens is 2. The summed E-state index contributed by atoms with van der Waals surface area (Å²) in [7, 11) is 0. The van der Waals surface area contributed by atoms with Gasteiger partial charge in [-0.15, -0.1) is 0 Å². The van der Waals surface area contributed by atoms with Crippen LogP contribution in [-0.4, -0.2) is 35.1 Å². The van der Waals surface area contributed by atoms with Gasteiger partial charge >= 0.3 is 0 Å². The van der Waals surface area contributed by atoms with E-state index in [1.54, 1.807) is 24.4 Å². The molecule has 6 bridgehead atoms. The van der Waals surface area contributed by atoms with Crippen LogP contribution in [0.1, 0.15) is 42.6 Å². The normalized spacial score (nSPS) is 14.6. The topological polar surface area (TPSA) is 111 Å². The van der Waals surface area contributed by atoms with E-state index in [-0.39, 0.29) is 12.0 Å². The van der Waals surface area contributed by atoms with Gasteiger partial charge in [0.1, 0.15) is 5.75 Å². The van der Waals surface area contributed by atoms with Gasteiger partial charge in [-0.2, -0.15) is 0 Å². The third kappa shape index (κ3) is 5.78. The molecule has 0 saturated carbocycles. The van der Waals surface area contributed by atoms with Crippen LogP contribution in [0.25, 0.3) is 11.3 Å². The third-order valence-corrected chi connectivity index (χ3v) is 5.18. The number of nitrogens with one attached hydrogen (secondary N) is 2. The number of nitrogens with zero attached hydrogens (tertiary/aromatic N) is 2. The first-order valence-electron chi connectivity index (χ1n) is 11.1. The number of anilines is 3. The smallest absolute Gasteiger partial charge is 0.251 e. The van der Waals surface area contributed by atoms with Crippen LogP contribution in [0.5, 0.6) is 5.75 Å². The molecule has 2 aliphatic rings. The summed E-state index contributed by atoms with van der Waals surface area (Å²) in [5.41, 5.74) is 10.4. The van der Waals surface area contributed by atoms with Crippen molar-refractivity contribution in [3.05, 3.63) is 59.8 Å². The summed E-state index contributed by atoms with van der Waals surface area (Å²) in [6.45, 7) is 5.57. The molecule has 0 radical (unpaired) electrons. The van der Waals surface area contributed by atoms with Gasteiger partial charge in [-0.1, -0.05) is 0 Å². The summed E-state index contributed by atoms with van der Waals surface area (Å²) in [5.74, 6) is 1.08. The molecule has 0 fully saturated rings. The molecule has 33 heavy (non-hydrogen) atoms. The van der Waals surface area contributed by atoms with Gasteiger partial charge in [0.15, 0.2) is 0 Å². The van der Waals surface area contributed by atoms with Crippen LogP contribution in [0.3, 0.4) is 0 Å². The van der Waals surface area contributed by atoms with Crippen LogP contribution in [0.4, 0.5) is 17.3 Å². The van der Waals surface area contributed by atoms with Gasteiger partial charge in [0.25, 0.3) is 5.91 Å². The van der Waals surface area contributed by atoms with E-state index in [0.717, 1.165) is 35.4 Å². The summed E-state index contributed by atoms with van der Waals surface area (Å²) in [4.78, 5) is 21.4. The highest BCUT2D eigenvalue weighted by Crippen LogP contribution is 2.28. The minimum absolute atomic E-state index is 0.0531. The first-order valence-corrected chi connectivity index (χ1v) is 11.1. The fourth-order valence-electron chi connectivity index (χ4n) is 3.59. The molecule has 8 nitrogen and oxygen atoms in total. The molecule has 172 valence electrons. The average molecular weight is 448 g/mol. The van der Waals surface area contributed by atoms with E-state index >= 15 is 0 Å². The van der Waals surface area contributed by atoms with Gasteiger partial charge in [0, 0.05) is 47.4 Å². The van der Waals surface area contributed by atoms with E-state index in [9.17, 15) is 4.79 Å². The molecule has 1 aromatic heterocycles. The summed E-state index contributed by atoms with van der Waals surface area (Å²) in [5, 5.41) is 6.19. The zero-order valence-corrected chi connectivity index (χ0v) is 18.9. The Morgan fingerprint density at radius 1 is 1.12 bits per heavy atom. The quantitative estimate of drug-likeness (QED) is 0.502. The molecule has 8 heteroatoms. The Labute approximate surface area is 193 Å². The van der Waals surface area contributed by atoms with Crippen molar-refractivity contribution >= 4 is 23.2 Å². The third-order valence-electron chi connectivity index (χ3n) is 5.18. The lowest BCUT2D eigenvalue weighted by molar-refractivity contribution is 0.0944. The van der Waals surface area contributed by atoms with Crippen molar-refractivity contribution in [1.82, 2.24) is 15.3 Å². The lowest BCUT2D eigenvalue weighted by atomic mass is 10.1. The van der Waals surface area contributed by atoms with Gasteiger partial charge < -0.3 is 25.8 Å². The van der Waals surface area contributed by atoms with E-state index in [4.69, 9.17) is 15.2 Å². The van der Waals surface area contributed by atoms with Gasteiger partial charge in [-0.25, -0.2) is 9.97 Å². The summed E-state index contributed by atoms with van der Waals surface area (Å²) < 4.78 is 11.9. The minimum Gasteiger partial charge on any atom is -0.491 e. The molecule has 0 unspecified atom stereocenters. The zero-order chi connectivity index (χ0) is 23.2. The van der Waals surface area contributed by atoms with Crippen molar-refractivity contribution in [2.24, 2.45) is 0 Å². The van der Waals surface area contributed by atoms with Gasteiger partial charge in [-0.3, -0.25) is 4.79 Å². The molecule has 0 spiro atoms. The predicted molar refractivity (Wildman–Crippen MR) is 129 cm³/mol. The van der Waals surface area contributed by atoms with Crippen LogP contribution >= 0.6 is 0 Å². The van der Waals surface area contributed by atoms with Crippen molar-refractivity contribution in [3.63, 3.8) is 0 Å². The maximum Gasteiger partial charge on any atom is 0.251 e. The Morgan fingerprint density at radius 3 is 2.82 bits per heavy atom. The van der Waals surface area contributed by atoms with Crippen molar-refractivity contribution in [1.29, 1.82) is 0 Å². The highest BCUT2D eigenvalue weighted by Gasteiger charge is 2.13. The lowest BCUT2D eigenvalue weighted by Crippen LogP contribution is -2.24. The molecule has 0 saturated heterocycles. The van der Waals surface area contributed by atoms with Crippen LogP contribution in [0.2, 0.25) is 0 Å². The number of rotatable bonds is 2. The highest BCUT2D eigenvalue weighted by molar-refractivity contribution is 5.96. The number of hydrogen-bond donors (Lipinski definition) is 3. The Bertz CT molecular complexity index is 1130. The van der Waals surface area contributed by atoms with Crippen LogP contribution in [0.15, 0.2) is 48.7 Å². The maximum atomic E-state index is 12.5. The Balaban J connectivity index is 1.68. The number of benzene rings is 2. The SMILES string of the molecule is CC(C)Oc1ccc2cc1COCCCCNC(=O)c1ccc(c(N)c1)-c1ccnc(n1)N2. The van der Waals surface area contributed by atoms with E-state index in [1.165, 1.54) is 0 Å². The standard InChI is InChI=1S/C25H29N5O3/c1-16(2)33-23-8-6-19-13-18(23)15-32-12-4-3-10-27-24(31)17-5-7-20(21(26)14-17)22-9-11-28-25(29-19)30-22/h5-9,11,13-14,16H,3-4,10,12,15,26H2,1-2H3,(H,27,31)(H,28,29,30). The monoisotopic (exact) mass is 447 g/mol. The Morgan fingerprint density at radius 2 is 2.00 bits per heavy atom. The van der Waals surface area contributed by atoms with Crippen LogP contribution in [0, 0.1) is 0 Å². The van der Waals surface area contributed by atoms with Gasteiger partial charge in [0.2, 0.25) is 5.95 Å². The number of nitrogen functional groups attached to an aromatic ring is 1. The minimum atomic E-state index is -0.149. The molecule has 4 N–H and O–H groups in total. The Kier molecular flexibility index (Phi) is 7.04. The molecule has 2 aliphatic heterocycles. The molecule has 2 aromatic carbocycles. The van der Waals surface area contributed by atoms with Crippen molar-refractivity contribution < 1.29 is 14.3 Å². The number of nitrogens with two attached hydrogens (primary N) is 1. The van der Waals surface area contributed by atoms with Gasteiger partial charge in [-0.05, 0) is 69.2 Å². The number of fused-ring (bicyclic) bond motifs is 9.